The Bertz CT molecular complexity index is 383. The van der Waals surface area contributed by atoms with Crippen LogP contribution in [0.1, 0.15) is 5.56 Å². The predicted molar refractivity (Wildman–Crippen MR) is 46.6 cm³/mol. The summed E-state index contributed by atoms with van der Waals surface area (Å²) in [4.78, 5) is 4.14. The van der Waals surface area contributed by atoms with E-state index in [1.807, 2.05) is 6.92 Å². The van der Waals surface area contributed by atoms with Gasteiger partial charge >= 0.3 is 0 Å². The standard InChI is InChI=1S/C10H8NO/c1-7-4-5-9(12)8-3-2-6-11-10(7)8/h2-6H,1H3. The van der Waals surface area contributed by atoms with Gasteiger partial charge in [-0.1, -0.05) is 6.07 Å². The minimum Gasteiger partial charge on any atom is -0.289 e. The van der Waals surface area contributed by atoms with Crippen LogP contribution < -0.4 is 0 Å². The third-order valence-corrected chi connectivity index (χ3v) is 1.93. The molecule has 0 atom stereocenters. The lowest BCUT2D eigenvalue weighted by Crippen LogP contribution is -1.81. The van der Waals surface area contributed by atoms with Crippen molar-refractivity contribution in [1.82, 2.24) is 4.98 Å². The lowest BCUT2D eigenvalue weighted by molar-refractivity contribution is 0.360. The van der Waals surface area contributed by atoms with Crippen molar-refractivity contribution in [3.63, 3.8) is 0 Å². The Labute approximate surface area is 70.5 Å². The van der Waals surface area contributed by atoms with Crippen molar-refractivity contribution in [3.8, 4) is 5.75 Å². The van der Waals surface area contributed by atoms with Gasteiger partial charge < -0.3 is 0 Å². The topological polar surface area (TPSA) is 32.8 Å². The van der Waals surface area contributed by atoms with E-state index in [9.17, 15) is 5.11 Å². The maximum Gasteiger partial charge on any atom is 0.188 e. The molecule has 1 radical (unpaired) electrons. The molecule has 59 valence electrons. The Morgan fingerprint density at radius 3 is 2.83 bits per heavy atom. The van der Waals surface area contributed by atoms with Gasteiger partial charge in [-0.2, -0.15) is 0 Å². The van der Waals surface area contributed by atoms with Gasteiger partial charge in [0.05, 0.1) is 5.52 Å². The van der Waals surface area contributed by atoms with Crippen molar-refractivity contribution in [2.45, 2.75) is 6.92 Å². The van der Waals surface area contributed by atoms with E-state index < -0.39 is 0 Å². The number of aromatic nitrogens is 1. The molecule has 0 aliphatic heterocycles. The van der Waals surface area contributed by atoms with E-state index in [-0.39, 0.29) is 5.75 Å². The molecule has 2 nitrogen and oxygen atoms in total. The zero-order chi connectivity index (χ0) is 8.55. The van der Waals surface area contributed by atoms with Crippen molar-refractivity contribution in [2.24, 2.45) is 0 Å². The van der Waals surface area contributed by atoms with Crippen molar-refractivity contribution < 1.29 is 5.11 Å². The molecule has 2 aromatic rings. The van der Waals surface area contributed by atoms with Gasteiger partial charge in [-0.25, -0.2) is 0 Å². The van der Waals surface area contributed by atoms with Crippen LogP contribution in [0.3, 0.4) is 0 Å². The van der Waals surface area contributed by atoms with E-state index in [4.69, 9.17) is 0 Å². The molecule has 0 saturated carbocycles. The number of nitrogens with zero attached hydrogens (tertiary/aromatic N) is 1. The van der Waals surface area contributed by atoms with Gasteiger partial charge in [0.2, 0.25) is 0 Å². The Hall–Kier alpha value is -1.57. The Morgan fingerprint density at radius 1 is 1.25 bits per heavy atom. The molecule has 0 N–H and O–H groups in total. The van der Waals surface area contributed by atoms with E-state index >= 15 is 0 Å². The fraction of sp³-hybridized carbons (Fsp3) is 0.100. The van der Waals surface area contributed by atoms with Gasteiger partial charge in [-0.15, -0.1) is 0 Å². The quantitative estimate of drug-likeness (QED) is 0.580. The molecule has 0 aliphatic carbocycles. The van der Waals surface area contributed by atoms with Gasteiger partial charge in [0, 0.05) is 11.6 Å². The molecule has 1 aromatic heterocycles. The third-order valence-electron chi connectivity index (χ3n) is 1.93. The molecule has 0 amide bonds. The number of aryl methyl sites for hydroxylation is 1. The number of benzene rings is 1. The first-order valence-corrected chi connectivity index (χ1v) is 3.80. The van der Waals surface area contributed by atoms with E-state index in [0.717, 1.165) is 11.1 Å². The largest absolute Gasteiger partial charge is 0.289 e. The SMILES string of the molecule is Cc1ccc([O])c2cccnc12. The highest BCUT2D eigenvalue weighted by molar-refractivity contribution is 5.86. The van der Waals surface area contributed by atoms with Gasteiger partial charge in [-0.3, -0.25) is 10.1 Å². The van der Waals surface area contributed by atoms with Crippen LogP contribution in [0.25, 0.3) is 10.9 Å². The molecular formula is C10H8NO. The molecular weight excluding hydrogens is 150 g/mol. The van der Waals surface area contributed by atoms with Crippen LogP contribution in [0.5, 0.6) is 5.75 Å². The second kappa shape index (κ2) is 2.48. The summed E-state index contributed by atoms with van der Waals surface area (Å²) in [6, 6.07) is 6.97. The fourth-order valence-electron chi connectivity index (χ4n) is 1.29. The van der Waals surface area contributed by atoms with Gasteiger partial charge in [0.1, 0.15) is 0 Å². The summed E-state index contributed by atoms with van der Waals surface area (Å²) >= 11 is 0. The van der Waals surface area contributed by atoms with E-state index in [0.29, 0.717) is 5.39 Å². The molecule has 2 rings (SSSR count). The van der Waals surface area contributed by atoms with Crippen LogP contribution in [0.2, 0.25) is 0 Å². The average molecular weight is 158 g/mol. The van der Waals surface area contributed by atoms with Gasteiger partial charge in [0.25, 0.3) is 0 Å². The summed E-state index contributed by atoms with van der Waals surface area (Å²) in [7, 11) is 0. The zero-order valence-electron chi connectivity index (χ0n) is 6.74. The predicted octanol–water partition coefficient (Wildman–Crippen LogP) is 2.69. The Morgan fingerprint density at radius 2 is 2.08 bits per heavy atom. The molecule has 0 bridgehead atoms. The van der Waals surface area contributed by atoms with Crippen LogP contribution in [-0.2, 0) is 5.11 Å². The second-order valence-corrected chi connectivity index (χ2v) is 2.78. The lowest BCUT2D eigenvalue weighted by atomic mass is 10.1. The minimum absolute atomic E-state index is 0.0451. The number of pyridine rings is 1. The Balaban J connectivity index is 2.95. The van der Waals surface area contributed by atoms with Crippen LogP contribution >= 0.6 is 0 Å². The lowest BCUT2D eigenvalue weighted by Gasteiger charge is -1.99. The number of hydrogen-bond donors (Lipinski definition) is 0. The van der Waals surface area contributed by atoms with Crippen molar-refractivity contribution >= 4 is 10.9 Å². The van der Waals surface area contributed by atoms with Crippen LogP contribution in [0.4, 0.5) is 0 Å². The molecule has 0 spiro atoms. The number of rotatable bonds is 0. The summed E-state index contributed by atoms with van der Waals surface area (Å²) in [5.74, 6) is 0.0451. The fourth-order valence-corrected chi connectivity index (χ4v) is 1.29. The monoisotopic (exact) mass is 158 g/mol. The van der Waals surface area contributed by atoms with Crippen LogP contribution in [0.15, 0.2) is 30.5 Å². The molecule has 0 fully saturated rings. The van der Waals surface area contributed by atoms with Crippen LogP contribution in [-0.4, -0.2) is 4.98 Å². The zero-order valence-corrected chi connectivity index (χ0v) is 6.74. The van der Waals surface area contributed by atoms with Crippen LogP contribution in [0, 0.1) is 6.92 Å². The molecule has 12 heavy (non-hydrogen) atoms. The smallest absolute Gasteiger partial charge is 0.188 e. The molecule has 1 heterocycles. The first-order valence-electron chi connectivity index (χ1n) is 3.80. The van der Waals surface area contributed by atoms with E-state index in [1.54, 1.807) is 30.5 Å². The normalized spacial score (nSPS) is 10.4. The van der Waals surface area contributed by atoms with Gasteiger partial charge in [-0.05, 0) is 30.7 Å². The molecule has 2 heteroatoms. The van der Waals surface area contributed by atoms with Crippen molar-refractivity contribution in [2.75, 3.05) is 0 Å². The Kier molecular flexibility index (Phi) is 1.47. The highest BCUT2D eigenvalue weighted by Gasteiger charge is 2.02. The summed E-state index contributed by atoms with van der Waals surface area (Å²) in [6.07, 6.45) is 1.70. The first-order chi connectivity index (χ1) is 5.79. The summed E-state index contributed by atoms with van der Waals surface area (Å²) < 4.78 is 0. The summed E-state index contributed by atoms with van der Waals surface area (Å²) in [5, 5.41) is 12.0. The van der Waals surface area contributed by atoms with Crippen molar-refractivity contribution in [3.05, 3.63) is 36.0 Å². The first kappa shape index (κ1) is 7.10. The highest BCUT2D eigenvalue weighted by Crippen LogP contribution is 2.25. The molecule has 0 aliphatic rings. The minimum atomic E-state index is 0.0451. The maximum absolute atomic E-state index is 11.3. The van der Waals surface area contributed by atoms with Crippen molar-refractivity contribution in [1.29, 1.82) is 0 Å². The van der Waals surface area contributed by atoms with Gasteiger partial charge in [0.15, 0.2) is 5.75 Å². The summed E-state index contributed by atoms with van der Waals surface area (Å²) in [6.45, 7) is 1.95. The number of hydrogen-bond acceptors (Lipinski definition) is 1. The van der Waals surface area contributed by atoms with E-state index in [2.05, 4.69) is 4.98 Å². The molecule has 0 unspecified atom stereocenters. The van der Waals surface area contributed by atoms with E-state index in [1.165, 1.54) is 0 Å². The number of fused-ring (bicyclic) bond motifs is 1. The third kappa shape index (κ3) is 0.925. The molecule has 1 aromatic carbocycles. The maximum atomic E-state index is 11.3. The second-order valence-electron chi connectivity index (χ2n) is 2.78. The molecule has 0 saturated heterocycles. The average Bonchev–Trinajstić information content (AvgIpc) is 2.12. The summed E-state index contributed by atoms with van der Waals surface area (Å²) in [5.41, 5.74) is 1.86. The highest BCUT2D eigenvalue weighted by atomic mass is 16.3.